The van der Waals surface area contributed by atoms with Crippen LogP contribution in [0.3, 0.4) is 0 Å². The summed E-state index contributed by atoms with van der Waals surface area (Å²) in [5.41, 5.74) is 0.363. The number of methoxy groups -OCH3 is 1. The van der Waals surface area contributed by atoms with Crippen LogP contribution in [0.2, 0.25) is 0 Å². The van der Waals surface area contributed by atoms with Gasteiger partial charge in [-0.15, -0.1) is 0 Å². The number of aryl methyl sites for hydroxylation is 2. The van der Waals surface area contributed by atoms with E-state index in [2.05, 4.69) is 19.8 Å². The van der Waals surface area contributed by atoms with Crippen LogP contribution in [0.1, 0.15) is 37.1 Å². The molecule has 10 heteroatoms. The fourth-order valence-corrected chi connectivity index (χ4v) is 4.76. The monoisotopic (exact) mass is 382 g/mol. The molecular formula is C16H22N4O5S. The van der Waals surface area contributed by atoms with E-state index in [0.717, 1.165) is 0 Å². The number of rotatable bonds is 6. The highest BCUT2D eigenvalue weighted by molar-refractivity contribution is 7.89. The lowest BCUT2D eigenvalue weighted by Gasteiger charge is -2.29. The first-order chi connectivity index (χ1) is 12.4. The molecule has 1 N–H and O–H groups in total. The molecule has 0 radical (unpaired) electrons. The molecule has 0 spiro atoms. The molecule has 0 unspecified atom stereocenters. The molecule has 2 aromatic heterocycles. The number of hydrogen-bond acceptors (Lipinski definition) is 8. The van der Waals surface area contributed by atoms with Crippen molar-refractivity contribution in [2.45, 2.75) is 56.6 Å². The van der Waals surface area contributed by atoms with Crippen LogP contribution in [-0.2, 0) is 10.0 Å². The molecule has 2 heterocycles. The van der Waals surface area contributed by atoms with Crippen molar-refractivity contribution in [2.24, 2.45) is 0 Å². The number of hydrogen-bond donors (Lipinski definition) is 1. The highest BCUT2D eigenvalue weighted by atomic mass is 32.2. The zero-order valence-corrected chi connectivity index (χ0v) is 15.7. The Morgan fingerprint density at radius 2 is 1.77 bits per heavy atom. The molecule has 1 fully saturated rings. The Kier molecular flexibility index (Phi) is 5.42. The first-order valence-electron chi connectivity index (χ1n) is 8.37. The maximum absolute atomic E-state index is 12.6. The van der Waals surface area contributed by atoms with Crippen LogP contribution in [0.15, 0.2) is 21.8 Å². The number of nitrogens with zero attached hydrogens (tertiary/aromatic N) is 3. The summed E-state index contributed by atoms with van der Waals surface area (Å²) in [6.07, 6.45) is 5.75. The van der Waals surface area contributed by atoms with Gasteiger partial charge in [0.2, 0.25) is 10.0 Å². The van der Waals surface area contributed by atoms with Gasteiger partial charge in [-0.2, -0.15) is 0 Å². The van der Waals surface area contributed by atoms with Gasteiger partial charge in [-0.05, 0) is 39.5 Å². The van der Waals surface area contributed by atoms with Crippen molar-refractivity contribution in [3.8, 4) is 11.8 Å². The minimum atomic E-state index is -3.65. The lowest BCUT2D eigenvalue weighted by Crippen LogP contribution is -2.40. The zero-order valence-electron chi connectivity index (χ0n) is 14.9. The molecule has 0 saturated heterocycles. The standard InChI is InChI=1S/C16H22N4O5S/c1-10-14(11(2)25-19-10)26(21,22)20-12-4-6-13(7-5-12)24-16-15(23-3)17-8-9-18-16/h8-9,12-13,20H,4-7H2,1-3H3. The Hall–Kier alpha value is -2.20. The van der Waals surface area contributed by atoms with Crippen LogP contribution in [0.5, 0.6) is 11.8 Å². The van der Waals surface area contributed by atoms with Gasteiger partial charge in [0.25, 0.3) is 11.8 Å². The molecule has 0 aromatic carbocycles. The van der Waals surface area contributed by atoms with Gasteiger partial charge in [-0.3, -0.25) is 0 Å². The molecule has 1 saturated carbocycles. The molecule has 0 aliphatic heterocycles. The quantitative estimate of drug-likeness (QED) is 0.803. The topological polar surface area (TPSA) is 116 Å². The maximum Gasteiger partial charge on any atom is 0.278 e. The summed E-state index contributed by atoms with van der Waals surface area (Å²) < 4.78 is 43.9. The summed E-state index contributed by atoms with van der Waals surface area (Å²) in [5.74, 6) is 0.991. The van der Waals surface area contributed by atoms with E-state index in [1.807, 2.05) is 0 Å². The molecule has 1 aliphatic rings. The second kappa shape index (κ2) is 7.58. The molecule has 1 aliphatic carbocycles. The summed E-state index contributed by atoms with van der Waals surface area (Å²) in [6.45, 7) is 3.21. The van der Waals surface area contributed by atoms with Crippen molar-refractivity contribution < 1.29 is 22.4 Å². The average molecular weight is 382 g/mol. The van der Waals surface area contributed by atoms with Gasteiger partial charge in [0.05, 0.1) is 7.11 Å². The molecule has 0 bridgehead atoms. The molecule has 0 atom stereocenters. The average Bonchev–Trinajstić information content (AvgIpc) is 2.96. The number of ether oxygens (including phenoxy) is 2. The van der Waals surface area contributed by atoms with Crippen molar-refractivity contribution in [2.75, 3.05) is 7.11 Å². The Labute approximate surface area is 152 Å². The van der Waals surface area contributed by atoms with Gasteiger partial charge < -0.3 is 14.0 Å². The lowest BCUT2D eigenvalue weighted by atomic mass is 9.94. The van der Waals surface area contributed by atoms with Gasteiger partial charge in [0, 0.05) is 18.4 Å². The maximum atomic E-state index is 12.6. The molecule has 0 amide bonds. The lowest BCUT2D eigenvalue weighted by molar-refractivity contribution is 0.132. The summed E-state index contributed by atoms with van der Waals surface area (Å²) in [7, 11) is -2.14. The first kappa shape index (κ1) is 18.6. The fourth-order valence-electron chi connectivity index (χ4n) is 3.13. The van der Waals surface area contributed by atoms with E-state index in [1.165, 1.54) is 13.3 Å². The second-order valence-electron chi connectivity index (χ2n) is 6.24. The summed E-state index contributed by atoms with van der Waals surface area (Å²) in [6, 6.07) is -0.155. The molecule has 3 rings (SSSR count). The van der Waals surface area contributed by atoms with Crippen molar-refractivity contribution >= 4 is 10.0 Å². The zero-order chi connectivity index (χ0) is 18.7. The number of sulfonamides is 1. The Morgan fingerprint density at radius 1 is 1.12 bits per heavy atom. The summed E-state index contributed by atoms with van der Waals surface area (Å²) >= 11 is 0. The van der Waals surface area contributed by atoms with Crippen LogP contribution in [-0.4, -0.2) is 42.8 Å². The molecule has 142 valence electrons. The van der Waals surface area contributed by atoms with Gasteiger partial charge in [-0.1, -0.05) is 5.16 Å². The highest BCUT2D eigenvalue weighted by Crippen LogP contribution is 2.28. The van der Waals surface area contributed by atoms with E-state index in [4.69, 9.17) is 14.0 Å². The Balaban J connectivity index is 1.59. The minimum Gasteiger partial charge on any atom is -0.477 e. The van der Waals surface area contributed by atoms with E-state index in [0.29, 0.717) is 48.9 Å². The number of nitrogens with one attached hydrogen (secondary N) is 1. The van der Waals surface area contributed by atoms with Crippen molar-refractivity contribution in [3.05, 3.63) is 23.8 Å². The third-order valence-electron chi connectivity index (χ3n) is 4.34. The second-order valence-corrected chi connectivity index (χ2v) is 7.89. The van der Waals surface area contributed by atoms with Crippen LogP contribution in [0, 0.1) is 13.8 Å². The summed E-state index contributed by atoms with van der Waals surface area (Å²) in [5, 5.41) is 3.71. The van der Waals surface area contributed by atoms with Gasteiger partial charge in [0.1, 0.15) is 16.7 Å². The fraction of sp³-hybridized carbons (Fsp3) is 0.562. The smallest absolute Gasteiger partial charge is 0.278 e. The third-order valence-corrected chi connectivity index (χ3v) is 6.10. The largest absolute Gasteiger partial charge is 0.477 e. The molecule has 26 heavy (non-hydrogen) atoms. The number of aromatic nitrogens is 3. The molecule has 9 nitrogen and oxygen atoms in total. The third kappa shape index (κ3) is 3.96. The van der Waals surface area contributed by atoms with E-state index in [-0.39, 0.29) is 17.0 Å². The van der Waals surface area contributed by atoms with Crippen molar-refractivity contribution in [1.82, 2.24) is 19.8 Å². The first-order valence-corrected chi connectivity index (χ1v) is 9.86. The van der Waals surface area contributed by atoms with E-state index in [9.17, 15) is 8.42 Å². The predicted octanol–water partition coefficient (Wildman–Crippen LogP) is 1.76. The Morgan fingerprint density at radius 3 is 2.35 bits per heavy atom. The highest BCUT2D eigenvalue weighted by Gasteiger charge is 2.30. The van der Waals surface area contributed by atoms with Crippen LogP contribution in [0.4, 0.5) is 0 Å². The summed E-state index contributed by atoms with van der Waals surface area (Å²) in [4.78, 5) is 8.32. The SMILES string of the molecule is COc1nccnc1OC1CCC(NS(=O)(=O)c2c(C)noc2C)CC1. The van der Waals surface area contributed by atoms with E-state index < -0.39 is 10.0 Å². The van der Waals surface area contributed by atoms with Crippen LogP contribution >= 0.6 is 0 Å². The van der Waals surface area contributed by atoms with Crippen molar-refractivity contribution in [1.29, 1.82) is 0 Å². The van der Waals surface area contributed by atoms with Gasteiger partial charge in [0.15, 0.2) is 5.76 Å². The molecule has 2 aromatic rings. The van der Waals surface area contributed by atoms with Gasteiger partial charge in [-0.25, -0.2) is 23.1 Å². The van der Waals surface area contributed by atoms with E-state index >= 15 is 0 Å². The van der Waals surface area contributed by atoms with Crippen LogP contribution in [0.25, 0.3) is 0 Å². The molecular weight excluding hydrogens is 360 g/mol. The van der Waals surface area contributed by atoms with Crippen molar-refractivity contribution in [3.63, 3.8) is 0 Å². The Bertz CT molecular complexity index is 840. The predicted molar refractivity (Wildman–Crippen MR) is 91.6 cm³/mol. The minimum absolute atomic E-state index is 0.0552. The van der Waals surface area contributed by atoms with Crippen LogP contribution < -0.4 is 14.2 Å². The normalized spacial score (nSPS) is 20.7. The van der Waals surface area contributed by atoms with E-state index in [1.54, 1.807) is 20.0 Å². The van der Waals surface area contributed by atoms with Gasteiger partial charge >= 0.3 is 0 Å².